The van der Waals surface area contributed by atoms with E-state index >= 15 is 0 Å². The Morgan fingerprint density at radius 3 is 2.36 bits per heavy atom. The summed E-state index contributed by atoms with van der Waals surface area (Å²) in [6.07, 6.45) is 3.19. The summed E-state index contributed by atoms with van der Waals surface area (Å²) in [7, 11) is 0.601. The summed E-state index contributed by atoms with van der Waals surface area (Å²) in [4.78, 5) is 63.1. The molecule has 10 nitrogen and oxygen atoms in total. The van der Waals surface area contributed by atoms with Crippen molar-refractivity contribution >= 4 is 50.0 Å². The van der Waals surface area contributed by atoms with E-state index in [0.717, 1.165) is 37.1 Å². The van der Waals surface area contributed by atoms with Gasteiger partial charge in [-0.05, 0) is 56.2 Å². The number of hydrogen-bond acceptors (Lipinski definition) is 7. The van der Waals surface area contributed by atoms with Crippen LogP contribution in [0.25, 0.3) is 0 Å². The highest BCUT2D eigenvalue weighted by molar-refractivity contribution is 8.69. The van der Waals surface area contributed by atoms with Crippen LogP contribution in [0.15, 0.2) is 18.2 Å². The van der Waals surface area contributed by atoms with Crippen molar-refractivity contribution < 1.29 is 37.0 Å². The van der Waals surface area contributed by atoms with E-state index in [1.54, 1.807) is 6.92 Å². The average molecular weight is 631 g/mol. The first-order valence-corrected chi connectivity index (χ1v) is 16.8. The highest BCUT2D eigenvalue weighted by Crippen LogP contribution is 2.29. The van der Waals surface area contributed by atoms with Gasteiger partial charge >= 0.3 is 0 Å². The van der Waals surface area contributed by atoms with Gasteiger partial charge in [0.05, 0.1) is 16.4 Å². The molecule has 1 aliphatic rings. The summed E-state index contributed by atoms with van der Waals surface area (Å²) in [5.74, 6) is -4.99. The maximum atomic E-state index is 13.8. The molecule has 1 aromatic rings. The molecule has 4 amide bonds. The van der Waals surface area contributed by atoms with E-state index in [1.165, 1.54) is 16.9 Å². The molecule has 0 aliphatic carbocycles. The molecule has 0 bridgehead atoms. The van der Waals surface area contributed by atoms with Crippen molar-refractivity contribution in [2.24, 2.45) is 5.92 Å². The van der Waals surface area contributed by atoms with Crippen LogP contribution in [0.1, 0.15) is 64.9 Å². The Bertz CT molecular complexity index is 1150. The maximum Gasteiger partial charge on any atom is 0.289 e. The Morgan fingerprint density at radius 2 is 1.74 bits per heavy atom. The number of unbranched alkanes of at least 4 members (excludes halogenated alkanes) is 1. The summed E-state index contributed by atoms with van der Waals surface area (Å²) in [6.45, 7) is 5.06. The molecule has 42 heavy (non-hydrogen) atoms. The third-order valence-corrected chi connectivity index (χ3v) is 10.2. The summed E-state index contributed by atoms with van der Waals surface area (Å²) in [6, 6.07) is 0.514. The van der Waals surface area contributed by atoms with Gasteiger partial charge in [-0.3, -0.25) is 24.0 Å². The number of Topliss-reactive ketones (excluding diaryl/α,β-unsaturated/α-hetero) is 1. The molecule has 1 saturated heterocycles. The largest absolute Gasteiger partial charge is 0.350 e. The fourth-order valence-corrected chi connectivity index (χ4v) is 7.85. The van der Waals surface area contributed by atoms with Crippen molar-refractivity contribution in [1.82, 2.24) is 21.3 Å². The molecule has 234 valence electrons. The van der Waals surface area contributed by atoms with Gasteiger partial charge in [0.1, 0.15) is 12.1 Å². The third kappa shape index (κ3) is 12.2. The molecule has 0 aromatic heterocycles. The van der Waals surface area contributed by atoms with Crippen molar-refractivity contribution in [2.45, 2.75) is 83.1 Å². The van der Waals surface area contributed by atoms with Crippen molar-refractivity contribution in [1.29, 1.82) is 0 Å². The quantitative estimate of drug-likeness (QED) is 0.117. The Morgan fingerprint density at radius 1 is 1.00 bits per heavy atom. The van der Waals surface area contributed by atoms with Crippen LogP contribution in [0, 0.1) is 17.6 Å². The molecule has 1 aromatic carbocycles. The van der Waals surface area contributed by atoms with E-state index in [4.69, 9.17) is 0 Å². The molecule has 2 unspecified atom stereocenters. The smallest absolute Gasteiger partial charge is 0.289 e. The Hall–Kier alpha value is -2.87. The molecular formula is C28H40F2N4O6S2. The Labute approximate surface area is 251 Å². The first-order chi connectivity index (χ1) is 19.9. The molecule has 0 spiro atoms. The number of nitrogens with one attached hydrogen (secondary N) is 4. The normalized spacial score (nSPS) is 17.8. The van der Waals surface area contributed by atoms with Gasteiger partial charge in [-0.1, -0.05) is 37.1 Å². The summed E-state index contributed by atoms with van der Waals surface area (Å²) >= 11 is 0. The number of halogens is 2. The van der Waals surface area contributed by atoms with Gasteiger partial charge in [0.25, 0.3) is 5.91 Å². The SMILES string of the molecule is CCNC(=O)C(=O)[C@H](Cc1ccc(F)c(F)c1)NC(=O)[C@H](CC(C)C)NC(=O)CNC(=O)CCCCC1CCSS1=O. The number of ketones is 1. The predicted molar refractivity (Wildman–Crippen MR) is 158 cm³/mol. The van der Waals surface area contributed by atoms with Crippen molar-refractivity contribution in [2.75, 3.05) is 18.8 Å². The van der Waals surface area contributed by atoms with Crippen LogP contribution in [-0.2, 0) is 40.2 Å². The number of amides is 4. The lowest BCUT2D eigenvalue weighted by Gasteiger charge is -2.24. The summed E-state index contributed by atoms with van der Waals surface area (Å²) in [5.41, 5.74) is 0.180. The van der Waals surface area contributed by atoms with Gasteiger partial charge in [0, 0.05) is 30.4 Å². The Balaban J connectivity index is 1.96. The number of carbonyl (C=O) groups is 5. The molecule has 1 heterocycles. The number of benzene rings is 1. The highest BCUT2D eigenvalue weighted by Gasteiger charge is 2.31. The van der Waals surface area contributed by atoms with Crippen LogP contribution in [-0.4, -0.2) is 69.8 Å². The van der Waals surface area contributed by atoms with E-state index in [0.29, 0.717) is 6.42 Å². The number of rotatable bonds is 17. The van der Waals surface area contributed by atoms with Crippen molar-refractivity contribution in [3.8, 4) is 0 Å². The first-order valence-electron chi connectivity index (χ1n) is 14.1. The summed E-state index contributed by atoms with van der Waals surface area (Å²) < 4.78 is 39.0. The van der Waals surface area contributed by atoms with Crippen LogP contribution < -0.4 is 21.3 Å². The molecular weight excluding hydrogens is 590 g/mol. The molecule has 0 radical (unpaired) electrons. The number of hydrogen-bond donors (Lipinski definition) is 4. The van der Waals surface area contributed by atoms with Crippen molar-refractivity contribution in [3.05, 3.63) is 35.4 Å². The molecule has 2 rings (SSSR count). The maximum absolute atomic E-state index is 13.8. The van der Waals surface area contributed by atoms with Crippen LogP contribution in [0.5, 0.6) is 0 Å². The minimum absolute atomic E-state index is 0.0491. The Kier molecular flexibility index (Phi) is 15.1. The van der Waals surface area contributed by atoms with E-state index in [9.17, 15) is 37.0 Å². The second-order valence-corrected chi connectivity index (χ2v) is 14.0. The fourth-order valence-electron chi connectivity index (χ4n) is 4.36. The monoisotopic (exact) mass is 630 g/mol. The van der Waals surface area contributed by atoms with Gasteiger partial charge in [0.15, 0.2) is 11.6 Å². The molecule has 0 saturated carbocycles. The predicted octanol–water partition coefficient (Wildman–Crippen LogP) is 2.07. The van der Waals surface area contributed by atoms with E-state index < -0.39 is 57.1 Å². The second-order valence-electron chi connectivity index (χ2n) is 10.5. The number of likely N-dealkylation sites (N-methyl/N-ethyl adjacent to an activating group) is 1. The molecule has 4 atom stereocenters. The highest BCUT2D eigenvalue weighted by atomic mass is 33.1. The van der Waals surface area contributed by atoms with Gasteiger partial charge < -0.3 is 21.3 Å². The molecule has 1 aliphatic heterocycles. The zero-order valence-corrected chi connectivity index (χ0v) is 25.8. The molecule has 14 heteroatoms. The standard InChI is InChI=1S/C28H40F2N4O6S2/c1-4-31-28(39)26(37)22(15-18-9-10-20(29)21(30)14-18)34-27(38)23(13-17(2)3)33-25(36)16-32-24(35)8-6-5-7-19-11-12-41-42(19)40/h9-10,14,17,19,22-23H,4-8,11-13,15-16H2,1-3H3,(H,31,39)(H,32,35)(H,33,36)(H,34,38)/t19?,22-,23-,42?/m0/s1. The first kappa shape index (κ1) is 35.3. The zero-order valence-electron chi connectivity index (χ0n) is 24.1. The average Bonchev–Trinajstić information content (AvgIpc) is 3.34. The lowest BCUT2D eigenvalue weighted by Crippen LogP contribution is -2.55. The molecule has 4 N–H and O–H groups in total. The second kappa shape index (κ2) is 17.9. The van der Waals surface area contributed by atoms with E-state index in [2.05, 4.69) is 21.3 Å². The van der Waals surface area contributed by atoms with Gasteiger partial charge in [0.2, 0.25) is 23.5 Å². The minimum Gasteiger partial charge on any atom is -0.350 e. The van der Waals surface area contributed by atoms with Crippen LogP contribution in [0.3, 0.4) is 0 Å². The molecule has 1 fully saturated rings. The lowest BCUT2D eigenvalue weighted by atomic mass is 9.99. The summed E-state index contributed by atoms with van der Waals surface area (Å²) in [5, 5.41) is 10.1. The van der Waals surface area contributed by atoms with Crippen LogP contribution >= 0.6 is 10.8 Å². The lowest BCUT2D eigenvalue weighted by molar-refractivity contribution is -0.140. The third-order valence-electron chi connectivity index (χ3n) is 6.51. The van der Waals surface area contributed by atoms with Gasteiger partial charge in [-0.2, -0.15) is 0 Å². The van der Waals surface area contributed by atoms with Crippen LogP contribution in [0.2, 0.25) is 0 Å². The van der Waals surface area contributed by atoms with Crippen molar-refractivity contribution in [3.63, 3.8) is 0 Å². The minimum atomic E-state index is -1.40. The number of carbonyl (C=O) groups excluding carboxylic acids is 5. The van der Waals surface area contributed by atoms with E-state index in [1.807, 2.05) is 13.8 Å². The van der Waals surface area contributed by atoms with Crippen LogP contribution in [0.4, 0.5) is 8.78 Å². The van der Waals surface area contributed by atoms with Gasteiger partial charge in [-0.25, -0.2) is 13.0 Å². The fraction of sp³-hybridized carbons (Fsp3) is 0.607. The zero-order chi connectivity index (χ0) is 31.2. The van der Waals surface area contributed by atoms with E-state index in [-0.39, 0.29) is 55.0 Å². The van der Waals surface area contributed by atoms with Gasteiger partial charge in [-0.15, -0.1) is 0 Å². The topological polar surface area (TPSA) is 151 Å².